The molecule has 2 rings (SSSR count). The molecule has 0 aliphatic rings. The van der Waals surface area contributed by atoms with E-state index in [0.29, 0.717) is 0 Å². The molecule has 4 nitrogen and oxygen atoms in total. The maximum atomic E-state index is 13.6. The molecule has 0 saturated carbocycles. The summed E-state index contributed by atoms with van der Waals surface area (Å²) in [4.78, 5) is 14.7. The van der Waals surface area contributed by atoms with Crippen molar-refractivity contribution in [3.8, 4) is 11.4 Å². The smallest absolute Gasteiger partial charge is 0.357 e. The van der Waals surface area contributed by atoms with E-state index in [1.165, 1.54) is 23.7 Å². The summed E-state index contributed by atoms with van der Waals surface area (Å²) in [6.07, 6.45) is 0. The lowest BCUT2D eigenvalue weighted by Crippen LogP contribution is -1.97. The number of carbonyl (C=O) groups is 1. The number of hydrogen-bond donors (Lipinski definition) is 1. The van der Waals surface area contributed by atoms with Gasteiger partial charge in [0.25, 0.3) is 0 Å². The Morgan fingerprint density at radius 2 is 2.12 bits per heavy atom. The first-order valence-electron chi connectivity index (χ1n) is 4.72. The van der Waals surface area contributed by atoms with Crippen LogP contribution < -0.4 is 0 Å². The van der Waals surface area contributed by atoms with Gasteiger partial charge in [0, 0.05) is 7.05 Å². The molecule has 0 spiro atoms. The zero-order valence-corrected chi connectivity index (χ0v) is 9.57. The minimum absolute atomic E-state index is 0.0317. The number of nitrogens with zero attached hydrogens (tertiary/aromatic N) is 2. The maximum Gasteiger partial charge on any atom is 0.357 e. The molecule has 0 amide bonds. The molecule has 0 aliphatic heterocycles. The number of rotatable bonds is 2. The fourth-order valence-corrected chi connectivity index (χ4v) is 1.70. The van der Waals surface area contributed by atoms with E-state index < -0.39 is 11.8 Å². The Kier molecular flexibility index (Phi) is 2.85. The molecular weight excluding hydrogens is 247 g/mol. The van der Waals surface area contributed by atoms with Crippen LogP contribution in [0.1, 0.15) is 10.5 Å². The molecule has 0 bridgehead atoms. The monoisotopic (exact) mass is 254 g/mol. The van der Waals surface area contributed by atoms with Crippen molar-refractivity contribution < 1.29 is 14.3 Å². The van der Waals surface area contributed by atoms with Gasteiger partial charge < -0.3 is 9.67 Å². The van der Waals surface area contributed by atoms with E-state index >= 15 is 0 Å². The molecular formula is C11H8ClFN2O2. The molecule has 1 N–H and O–H groups in total. The molecule has 0 saturated heterocycles. The van der Waals surface area contributed by atoms with Crippen molar-refractivity contribution in [1.82, 2.24) is 9.55 Å². The van der Waals surface area contributed by atoms with Crippen molar-refractivity contribution in [2.75, 3.05) is 0 Å². The number of carboxylic acids is 1. The lowest BCUT2D eigenvalue weighted by atomic mass is 10.2. The highest BCUT2D eigenvalue weighted by atomic mass is 35.5. The molecule has 1 aromatic heterocycles. The van der Waals surface area contributed by atoms with Crippen molar-refractivity contribution in [3.05, 3.63) is 40.9 Å². The van der Waals surface area contributed by atoms with Crippen molar-refractivity contribution >= 4 is 17.6 Å². The van der Waals surface area contributed by atoms with Crippen LogP contribution in [-0.2, 0) is 7.05 Å². The Morgan fingerprint density at radius 3 is 2.65 bits per heavy atom. The van der Waals surface area contributed by atoms with E-state index in [0.717, 1.165) is 0 Å². The minimum atomic E-state index is -1.24. The van der Waals surface area contributed by atoms with Gasteiger partial charge in [0.05, 0.1) is 5.56 Å². The van der Waals surface area contributed by atoms with E-state index in [9.17, 15) is 9.18 Å². The summed E-state index contributed by atoms with van der Waals surface area (Å²) in [6, 6.07) is 5.97. The van der Waals surface area contributed by atoms with E-state index in [1.54, 1.807) is 12.1 Å². The van der Waals surface area contributed by atoms with E-state index in [4.69, 9.17) is 16.7 Å². The Morgan fingerprint density at radius 1 is 1.47 bits per heavy atom. The standard InChI is InChI=1S/C11H8ClFN2O2/c1-15-9(12)8(11(16)17)14-10(15)6-4-2-3-5-7(6)13/h2-5H,1H3,(H,16,17). The third-order valence-corrected chi connectivity index (χ3v) is 2.78. The second kappa shape index (κ2) is 4.18. The summed E-state index contributed by atoms with van der Waals surface area (Å²) in [5.74, 6) is -1.53. The predicted molar refractivity (Wildman–Crippen MR) is 60.6 cm³/mol. The number of aromatic nitrogens is 2. The van der Waals surface area contributed by atoms with Crippen LogP contribution in [-0.4, -0.2) is 20.6 Å². The molecule has 1 heterocycles. The van der Waals surface area contributed by atoms with Gasteiger partial charge in [0.2, 0.25) is 0 Å². The van der Waals surface area contributed by atoms with Gasteiger partial charge in [-0.3, -0.25) is 0 Å². The first-order chi connectivity index (χ1) is 8.02. The van der Waals surface area contributed by atoms with Crippen LogP contribution in [0.15, 0.2) is 24.3 Å². The Balaban J connectivity index is 2.66. The average molecular weight is 255 g/mol. The van der Waals surface area contributed by atoms with Crippen LogP contribution >= 0.6 is 11.6 Å². The fourth-order valence-electron chi connectivity index (χ4n) is 1.50. The van der Waals surface area contributed by atoms with E-state index in [-0.39, 0.29) is 22.2 Å². The van der Waals surface area contributed by atoms with Gasteiger partial charge in [0.1, 0.15) is 16.8 Å². The third-order valence-electron chi connectivity index (χ3n) is 2.34. The van der Waals surface area contributed by atoms with E-state index in [2.05, 4.69) is 4.98 Å². The summed E-state index contributed by atoms with van der Waals surface area (Å²) in [6.45, 7) is 0. The van der Waals surface area contributed by atoms with Crippen molar-refractivity contribution in [2.45, 2.75) is 0 Å². The van der Waals surface area contributed by atoms with Gasteiger partial charge >= 0.3 is 5.97 Å². The molecule has 0 unspecified atom stereocenters. The fraction of sp³-hybridized carbons (Fsp3) is 0.0909. The number of hydrogen-bond acceptors (Lipinski definition) is 2. The lowest BCUT2D eigenvalue weighted by molar-refractivity contribution is 0.0691. The van der Waals surface area contributed by atoms with Crippen LogP contribution in [0.25, 0.3) is 11.4 Å². The average Bonchev–Trinajstić information content (AvgIpc) is 2.57. The zero-order chi connectivity index (χ0) is 12.6. The van der Waals surface area contributed by atoms with Gasteiger partial charge in [-0.1, -0.05) is 23.7 Å². The quantitative estimate of drug-likeness (QED) is 0.896. The molecule has 0 atom stereocenters. The second-order valence-corrected chi connectivity index (χ2v) is 3.78. The second-order valence-electron chi connectivity index (χ2n) is 3.42. The highest BCUT2D eigenvalue weighted by Gasteiger charge is 2.20. The number of imidazole rings is 1. The highest BCUT2D eigenvalue weighted by Crippen LogP contribution is 2.26. The molecule has 0 fully saturated rings. The maximum absolute atomic E-state index is 13.6. The zero-order valence-electron chi connectivity index (χ0n) is 8.82. The Labute approximate surface area is 101 Å². The number of aromatic carboxylic acids is 1. The van der Waals surface area contributed by atoms with Crippen LogP contribution in [0.4, 0.5) is 4.39 Å². The Hall–Kier alpha value is -1.88. The third kappa shape index (κ3) is 1.89. The predicted octanol–water partition coefficient (Wildman–Crippen LogP) is 2.58. The van der Waals surface area contributed by atoms with Crippen LogP contribution in [0.5, 0.6) is 0 Å². The van der Waals surface area contributed by atoms with Crippen LogP contribution in [0.3, 0.4) is 0 Å². The number of halogens is 2. The molecule has 88 valence electrons. The summed E-state index contributed by atoms with van der Waals surface area (Å²) in [7, 11) is 1.53. The van der Waals surface area contributed by atoms with Crippen LogP contribution in [0, 0.1) is 5.82 Å². The summed E-state index contributed by atoms with van der Waals surface area (Å²) in [5, 5.41) is 8.83. The highest BCUT2D eigenvalue weighted by molar-refractivity contribution is 6.32. The molecule has 0 radical (unpaired) electrons. The van der Waals surface area contributed by atoms with Crippen LogP contribution in [0.2, 0.25) is 5.15 Å². The topological polar surface area (TPSA) is 55.1 Å². The number of carboxylic acid groups (broad SMARTS) is 1. The first kappa shape index (κ1) is 11.6. The summed E-state index contributed by atoms with van der Waals surface area (Å²) < 4.78 is 14.9. The van der Waals surface area contributed by atoms with Gasteiger partial charge in [-0.2, -0.15) is 0 Å². The van der Waals surface area contributed by atoms with Crippen molar-refractivity contribution in [3.63, 3.8) is 0 Å². The van der Waals surface area contributed by atoms with Gasteiger partial charge in [-0.05, 0) is 12.1 Å². The molecule has 17 heavy (non-hydrogen) atoms. The van der Waals surface area contributed by atoms with Gasteiger partial charge in [-0.15, -0.1) is 0 Å². The molecule has 6 heteroatoms. The summed E-state index contributed by atoms with van der Waals surface area (Å²) >= 11 is 5.81. The largest absolute Gasteiger partial charge is 0.476 e. The van der Waals surface area contributed by atoms with Crippen molar-refractivity contribution in [1.29, 1.82) is 0 Å². The van der Waals surface area contributed by atoms with Crippen molar-refractivity contribution in [2.24, 2.45) is 7.05 Å². The lowest BCUT2D eigenvalue weighted by Gasteiger charge is -2.02. The SMILES string of the molecule is Cn1c(-c2ccccc2F)nc(C(=O)O)c1Cl. The normalized spacial score (nSPS) is 10.5. The first-order valence-corrected chi connectivity index (χ1v) is 5.10. The summed E-state index contributed by atoms with van der Waals surface area (Å²) in [5.41, 5.74) is -0.0724. The molecule has 0 aliphatic carbocycles. The molecule has 2 aromatic rings. The van der Waals surface area contributed by atoms with E-state index in [1.807, 2.05) is 0 Å². The number of benzene rings is 1. The van der Waals surface area contributed by atoms with Gasteiger partial charge in [-0.25, -0.2) is 14.2 Å². The molecule has 1 aromatic carbocycles. The Bertz CT molecular complexity index is 595. The minimum Gasteiger partial charge on any atom is -0.476 e. The van der Waals surface area contributed by atoms with Gasteiger partial charge in [0.15, 0.2) is 5.69 Å².